The third-order valence-corrected chi connectivity index (χ3v) is 5.45. The molecule has 0 saturated heterocycles. The average Bonchev–Trinajstić information content (AvgIpc) is 3.29. The molecule has 0 aliphatic rings. The molecule has 27 heavy (non-hydrogen) atoms. The number of carbonyl (C=O) groups is 1. The highest BCUT2D eigenvalue weighted by Gasteiger charge is 2.12. The number of rotatable bonds is 8. The monoisotopic (exact) mass is 404 g/mol. The van der Waals surface area contributed by atoms with Crippen LogP contribution in [0.2, 0.25) is 0 Å². The van der Waals surface area contributed by atoms with Gasteiger partial charge < -0.3 is 15.4 Å². The minimum atomic E-state index is -0.111. The molecule has 142 valence electrons. The number of benzene rings is 1. The molecule has 3 aromatic rings. The van der Waals surface area contributed by atoms with Crippen LogP contribution in [0.4, 0.5) is 16.6 Å². The molecule has 3 rings (SSSR count). The van der Waals surface area contributed by atoms with Crippen LogP contribution in [0, 0.1) is 0 Å². The zero-order valence-corrected chi connectivity index (χ0v) is 16.8. The molecule has 0 spiro atoms. The Bertz CT molecular complexity index is 908. The van der Waals surface area contributed by atoms with Crippen LogP contribution in [0.3, 0.4) is 0 Å². The topological polar surface area (TPSA) is 94.0 Å². The number of methoxy groups -OCH3 is 1. The van der Waals surface area contributed by atoms with Crippen LogP contribution in [0.1, 0.15) is 19.9 Å². The Morgan fingerprint density at radius 2 is 2.19 bits per heavy atom. The number of amides is 1. The molecule has 8 nitrogen and oxygen atoms in total. The summed E-state index contributed by atoms with van der Waals surface area (Å²) < 4.78 is 7.68. The maximum absolute atomic E-state index is 12.2. The fraction of sp³-hybridized carbons (Fsp3) is 0.294. The quantitative estimate of drug-likeness (QED) is 0.552. The summed E-state index contributed by atoms with van der Waals surface area (Å²) in [6.07, 6.45) is 1.67. The summed E-state index contributed by atoms with van der Waals surface area (Å²) in [5.74, 6) is 1.58. The smallest absolute Gasteiger partial charge is 0.235 e. The zero-order chi connectivity index (χ0) is 19.2. The predicted octanol–water partition coefficient (Wildman–Crippen LogP) is 3.80. The van der Waals surface area contributed by atoms with Gasteiger partial charge in [-0.05, 0) is 26.0 Å². The lowest BCUT2D eigenvalue weighted by molar-refractivity contribution is -0.113. The molecule has 10 heteroatoms. The Kier molecular flexibility index (Phi) is 6.30. The van der Waals surface area contributed by atoms with Gasteiger partial charge in [-0.2, -0.15) is 5.10 Å². The Balaban J connectivity index is 1.53. The largest absolute Gasteiger partial charge is 0.497 e. The number of thioether (sulfide) groups is 1. The van der Waals surface area contributed by atoms with Crippen molar-refractivity contribution in [2.24, 2.45) is 0 Å². The van der Waals surface area contributed by atoms with Gasteiger partial charge in [0.1, 0.15) is 11.6 Å². The number of carbonyl (C=O) groups excluding carboxylic acids is 1. The number of anilines is 3. The lowest BCUT2D eigenvalue weighted by Gasteiger charge is -2.11. The van der Waals surface area contributed by atoms with E-state index in [0.29, 0.717) is 15.3 Å². The first-order valence-electron chi connectivity index (χ1n) is 8.26. The molecule has 0 aliphatic carbocycles. The third kappa shape index (κ3) is 5.20. The van der Waals surface area contributed by atoms with E-state index >= 15 is 0 Å². The molecule has 2 heterocycles. The van der Waals surface area contributed by atoms with Gasteiger partial charge in [0, 0.05) is 23.9 Å². The van der Waals surface area contributed by atoms with Crippen molar-refractivity contribution in [1.82, 2.24) is 20.0 Å². The van der Waals surface area contributed by atoms with Crippen molar-refractivity contribution in [3.8, 4) is 5.75 Å². The van der Waals surface area contributed by atoms with E-state index in [0.717, 1.165) is 11.4 Å². The summed E-state index contributed by atoms with van der Waals surface area (Å²) in [6, 6.07) is 9.52. The number of nitrogens with zero attached hydrogens (tertiary/aromatic N) is 4. The molecule has 0 aliphatic heterocycles. The lowest BCUT2D eigenvalue weighted by atomic mass is 10.3. The molecule has 1 aromatic carbocycles. The fourth-order valence-electron chi connectivity index (χ4n) is 2.27. The Morgan fingerprint density at radius 3 is 2.96 bits per heavy atom. The van der Waals surface area contributed by atoms with E-state index in [1.165, 1.54) is 23.1 Å². The van der Waals surface area contributed by atoms with Crippen LogP contribution in [0.15, 0.2) is 40.9 Å². The molecule has 2 aromatic heterocycles. The van der Waals surface area contributed by atoms with Gasteiger partial charge in [-0.3, -0.25) is 4.79 Å². The minimum Gasteiger partial charge on any atom is -0.497 e. The van der Waals surface area contributed by atoms with E-state index < -0.39 is 0 Å². The van der Waals surface area contributed by atoms with E-state index in [2.05, 4.69) is 25.9 Å². The van der Waals surface area contributed by atoms with Crippen molar-refractivity contribution >= 4 is 45.6 Å². The molecular weight excluding hydrogens is 384 g/mol. The first-order chi connectivity index (χ1) is 13.0. The highest BCUT2D eigenvalue weighted by Crippen LogP contribution is 2.28. The number of hydrogen-bond donors (Lipinski definition) is 2. The van der Waals surface area contributed by atoms with Crippen molar-refractivity contribution < 1.29 is 9.53 Å². The second-order valence-corrected chi connectivity index (χ2v) is 8.02. The van der Waals surface area contributed by atoms with Crippen LogP contribution in [-0.4, -0.2) is 38.7 Å². The number of aromatic nitrogens is 4. The summed E-state index contributed by atoms with van der Waals surface area (Å²) in [7, 11) is 1.62. The van der Waals surface area contributed by atoms with E-state index in [1.807, 2.05) is 38.1 Å². The normalized spacial score (nSPS) is 10.8. The van der Waals surface area contributed by atoms with Crippen LogP contribution in [0.25, 0.3) is 0 Å². The average molecular weight is 405 g/mol. The van der Waals surface area contributed by atoms with Gasteiger partial charge >= 0.3 is 0 Å². The SMILES string of the molecule is COc1cccc(Nc2nnc(SCC(=O)Nc3ccnn3C(C)C)s2)c1. The number of ether oxygens (including phenoxy) is 1. The van der Waals surface area contributed by atoms with Crippen molar-refractivity contribution in [1.29, 1.82) is 0 Å². The highest BCUT2D eigenvalue weighted by molar-refractivity contribution is 8.01. The van der Waals surface area contributed by atoms with Crippen molar-refractivity contribution in [3.63, 3.8) is 0 Å². The van der Waals surface area contributed by atoms with E-state index in [-0.39, 0.29) is 17.7 Å². The lowest BCUT2D eigenvalue weighted by Crippen LogP contribution is -2.18. The molecule has 2 N–H and O–H groups in total. The Labute approximate surface area is 165 Å². The molecule has 1 amide bonds. The molecule has 0 atom stereocenters. The summed E-state index contributed by atoms with van der Waals surface area (Å²) in [5, 5.41) is 19.1. The molecule has 0 unspecified atom stereocenters. The molecular formula is C17H20N6O2S2. The zero-order valence-electron chi connectivity index (χ0n) is 15.2. The van der Waals surface area contributed by atoms with Gasteiger partial charge in [0.25, 0.3) is 0 Å². The van der Waals surface area contributed by atoms with E-state index in [4.69, 9.17) is 4.74 Å². The van der Waals surface area contributed by atoms with Crippen LogP contribution >= 0.6 is 23.1 Å². The van der Waals surface area contributed by atoms with Gasteiger partial charge in [0.2, 0.25) is 11.0 Å². The predicted molar refractivity (Wildman–Crippen MR) is 108 cm³/mol. The first kappa shape index (κ1) is 19.2. The minimum absolute atomic E-state index is 0.111. The first-order valence-corrected chi connectivity index (χ1v) is 10.1. The second kappa shape index (κ2) is 8.87. The number of nitrogens with one attached hydrogen (secondary N) is 2. The van der Waals surface area contributed by atoms with Crippen molar-refractivity contribution in [2.45, 2.75) is 24.2 Å². The van der Waals surface area contributed by atoms with Crippen molar-refractivity contribution in [3.05, 3.63) is 36.5 Å². The Hall–Kier alpha value is -2.59. The maximum atomic E-state index is 12.2. The summed E-state index contributed by atoms with van der Waals surface area (Å²) >= 11 is 2.73. The molecule has 0 saturated carbocycles. The van der Waals surface area contributed by atoms with E-state index in [9.17, 15) is 4.79 Å². The summed E-state index contributed by atoms with van der Waals surface area (Å²) in [6.45, 7) is 4.02. The molecule has 0 bridgehead atoms. The fourth-order valence-corrected chi connectivity index (χ4v) is 3.85. The van der Waals surface area contributed by atoms with Gasteiger partial charge in [-0.1, -0.05) is 29.2 Å². The third-order valence-electron chi connectivity index (χ3n) is 3.48. The Morgan fingerprint density at radius 1 is 1.33 bits per heavy atom. The van der Waals surface area contributed by atoms with Crippen LogP contribution in [0.5, 0.6) is 5.75 Å². The molecule has 0 radical (unpaired) electrons. The van der Waals surface area contributed by atoms with E-state index in [1.54, 1.807) is 24.1 Å². The molecule has 0 fully saturated rings. The van der Waals surface area contributed by atoms with Gasteiger partial charge in [0.05, 0.1) is 19.1 Å². The highest BCUT2D eigenvalue weighted by atomic mass is 32.2. The number of hydrogen-bond acceptors (Lipinski definition) is 8. The van der Waals surface area contributed by atoms with Crippen LogP contribution in [-0.2, 0) is 4.79 Å². The van der Waals surface area contributed by atoms with Gasteiger partial charge in [-0.25, -0.2) is 4.68 Å². The summed E-state index contributed by atoms with van der Waals surface area (Å²) in [5.41, 5.74) is 0.863. The second-order valence-electron chi connectivity index (χ2n) is 5.82. The van der Waals surface area contributed by atoms with Crippen molar-refractivity contribution in [2.75, 3.05) is 23.5 Å². The van der Waals surface area contributed by atoms with Gasteiger partial charge in [0.15, 0.2) is 4.34 Å². The maximum Gasteiger partial charge on any atom is 0.235 e. The standard InChI is InChI=1S/C17H20N6O2S2/c1-11(2)23-14(7-8-18-23)20-15(24)10-26-17-22-21-16(27-17)19-12-5-4-6-13(9-12)25-3/h4-9,11H,10H2,1-3H3,(H,19,21)(H,20,24). The summed E-state index contributed by atoms with van der Waals surface area (Å²) in [4.78, 5) is 12.2. The van der Waals surface area contributed by atoms with Crippen LogP contribution < -0.4 is 15.4 Å². The van der Waals surface area contributed by atoms with Gasteiger partial charge in [-0.15, -0.1) is 10.2 Å².